The third kappa shape index (κ3) is 2.05. The molecule has 108 valence electrons. The Labute approximate surface area is 126 Å². The van der Waals surface area contributed by atoms with Gasteiger partial charge in [-0.25, -0.2) is 4.39 Å². The first-order valence-electron chi connectivity index (χ1n) is 6.37. The fourth-order valence-electron chi connectivity index (χ4n) is 2.67. The lowest BCUT2D eigenvalue weighted by Crippen LogP contribution is -2.46. The first-order valence-corrected chi connectivity index (χ1v) is 7.13. The van der Waals surface area contributed by atoms with Crippen LogP contribution in [0.5, 0.6) is 0 Å². The van der Waals surface area contributed by atoms with E-state index in [0.717, 1.165) is 18.9 Å². The zero-order valence-electron chi connectivity index (χ0n) is 10.6. The molecule has 3 rings (SSSR count). The number of halogens is 3. The predicted molar refractivity (Wildman–Crippen MR) is 77.2 cm³/mol. The number of nitrogens with zero attached hydrogens (tertiary/aromatic N) is 2. The Morgan fingerprint density at radius 1 is 1.25 bits per heavy atom. The lowest BCUT2D eigenvalue weighted by molar-refractivity contribution is -0.0867. The van der Waals surface area contributed by atoms with Gasteiger partial charge in [-0.1, -0.05) is 23.2 Å². The maximum absolute atomic E-state index is 14.1. The number of nitrogens with two attached hydrogens (primary N) is 1. The summed E-state index contributed by atoms with van der Waals surface area (Å²) in [6.07, 6.45) is 0.992. The minimum atomic E-state index is -0.960. The van der Waals surface area contributed by atoms with Crippen molar-refractivity contribution in [3.05, 3.63) is 33.7 Å². The molecule has 1 aromatic carbocycles. The van der Waals surface area contributed by atoms with E-state index in [9.17, 15) is 9.50 Å². The molecule has 2 heterocycles. The lowest BCUT2D eigenvalue weighted by Gasteiger charge is -2.36. The molecule has 2 aliphatic heterocycles. The Morgan fingerprint density at radius 2 is 1.95 bits per heavy atom. The van der Waals surface area contributed by atoms with Gasteiger partial charge >= 0.3 is 0 Å². The molecule has 1 atom stereocenters. The van der Waals surface area contributed by atoms with Crippen LogP contribution in [0.3, 0.4) is 0 Å². The molecular formula is C13H14Cl2FN3O. The number of fused-ring (bicyclic) bond motifs is 1. The lowest BCUT2D eigenvalue weighted by atomic mass is 10.0. The van der Waals surface area contributed by atoms with E-state index in [2.05, 4.69) is 0 Å². The second kappa shape index (κ2) is 5.07. The molecule has 0 radical (unpaired) electrons. The van der Waals surface area contributed by atoms with Crippen LogP contribution in [0.2, 0.25) is 5.02 Å². The van der Waals surface area contributed by atoms with Crippen molar-refractivity contribution < 1.29 is 9.50 Å². The van der Waals surface area contributed by atoms with E-state index in [1.165, 1.54) is 6.07 Å². The monoisotopic (exact) mass is 317 g/mol. The van der Waals surface area contributed by atoms with Crippen molar-refractivity contribution >= 4 is 34.5 Å². The highest BCUT2D eigenvalue weighted by Crippen LogP contribution is 2.41. The Morgan fingerprint density at radius 3 is 2.65 bits per heavy atom. The molecule has 1 aromatic rings. The summed E-state index contributed by atoms with van der Waals surface area (Å²) in [6, 6.07) is 2.56. The summed E-state index contributed by atoms with van der Waals surface area (Å²) in [4.78, 5) is 0. The number of anilines is 1. The number of hydrazine groups is 1. The van der Waals surface area contributed by atoms with Gasteiger partial charge in [-0.2, -0.15) is 5.01 Å². The van der Waals surface area contributed by atoms with Crippen LogP contribution < -0.4 is 5.73 Å². The molecule has 0 amide bonds. The van der Waals surface area contributed by atoms with Crippen LogP contribution in [0, 0.1) is 5.82 Å². The van der Waals surface area contributed by atoms with Gasteiger partial charge in [-0.15, -0.1) is 0 Å². The fourth-order valence-corrected chi connectivity index (χ4v) is 3.20. The van der Waals surface area contributed by atoms with E-state index in [1.54, 1.807) is 10.0 Å². The molecule has 4 nitrogen and oxygen atoms in total. The van der Waals surface area contributed by atoms with Crippen molar-refractivity contribution in [2.24, 2.45) is 0 Å². The molecule has 0 bridgehead atoms. The van der Waals surface area contributed by atoms with Gasteiger partial charge in [0.1, 0.15) is 11.0 Å². The highest BCUT2D eigenvalue weighted by Gasteiger charge is 2.39. The molecular weight excluding hydrogens is 304 g/mol. The number of aliphatic hydroxyl groups is 1. The van der Waals surface area contributed by atoms with Crippen LogP contribution in [-0.2, 0) is 0 Å². The van der Waals surface area contributed by atoms with E-state index < -0.39 is 12.0 Å². The average molecular weight is 318 g/mol. The van der Waals surface area contributed by atoms with Crippen molar-refractivity contribution in [1.82, 2.24) is 10.0 Å². The minimum absolute atomic E-state index is 0.147. The van der Waals surface area contributed by atoms with Gasteiger partial charge in [0.25, 0.3) is 0 Å². The van der Waals surface area contributed by atoms with E-state index in [-0.39, 0.29) is 16.3 Å². The third-order valence-corrected chi connectivity index (χ3v) is 4.41. The number of hydrogen-bond donors (Lipinski definition) is 2. The van der Waals surface area contributed by atoms with E-state index >= 15 is 0 Å². The number of aliphatic hydroxyl groups excluding tert-OH is 1. The number of benzene rings is 1. The molecule has 20 heavy (non-hydrogen) atoms. The van der Waals surface area contributed by atoms with Gasteiger partial charge in [0.15, 0.2) is 6.23 Å². The third-order valence-electron chi connectivity index (χ3n) is 3.68. The molecule has 1 saturated heterocycles. The van der Waals surface area contributed by atoms with E-state index in [1.807, 2.05) is 0 Å². The quantitative estimate of drug-likeness (QED) is 0.617. The van der Waals surface area contributed by atoms with Gasteiger partial charge < -0.3 is 10.8 Å². The Hall–Kier alpha value is -1.01. The van der Waals surface area contributed by atoms with Crippen LogP contribution in [-0.4, -0.2) is 34.4 Å². The molecule has 0 spiro atoms. The summed E-state index contributed by atoms with van der Waals surface area (Å²) < 4.78 is 14.1. The van der Waals surface area contributed by atoms with Crippen molar-refractivity contribution in [2.75, 3.05) is 18.8 Å². The molecule has 0 aromatic heterocycles. The second-order valence-electron chi connectivity index (χ2n) is 4.93. The van der Waals surface area contributed by atoms with Crippen LogP contribution in [0.4, 0.5) is 10.1 Å². The molecule has 1 unspecified atom stereocenters. The van der Waals surface area contributed by atoms with Crippen LogP contribution in [0.1, 0.15) is 18.4 Å². The van der Waals surface area contributed by atoms with Gasteiger partial charge in [0.05, 0.1) is 10.7 Å². The van der Waals surface area contributed by atoms with Gasteiger partial charge in [-0.05, 0) is 25.0 Å². The molecule has 0 aliphatic carbocycles. The van der Waals surface area contributed by atoms with Crippen molar-refractivity contribution in [3.8, 4) is 0 Å². The topological polar surface area (TPSA) is 52.7 Å². The van der Waals surface area contributed by atoms with Gasteiger partial charge in [0.2, 0.25) is 0 Å². The first-order chi connectivity index (χ1) is 9.50. The molecule has 0 saturated carbocycles. The normalized spacial score (nSPS) is 23.4. The average Bonchev–Trinajstić information content (AvgIpc) is 2.68. The molecule has 7 heteroatoms. The number of nitrogen functional groups attached to an aromatic ring is 1. The zero-order chi connectivity index (χ0) is 14.4. The maximum atomic E-state index is 14.1. The molecule has 2 aliphatic rings. The van der Waals surface area contributed by atoms with E-state index in [0.29, 0.717) is 23.8 Å². The maximum Gasteiger partial charge on any atom is 0.153 e. The largest absolute Gasteiger partial charge is 0.398 e. The minimum Gasteiger partial charge on any atom is -0.398 e. The molecule has 1 fully saturated rings. The number of hydrogen-bond acceptors (Lipinski definition) is 4. The fraction of sp³-hybridized carbons (Fsp3) is 0.385. The predicted octanol–water partition coefficient (Wildman–Crippen LogP) is 2.61. The first kappa shape index (κ1) is 13.9. The highest BCUT2D eigenvalue weighted by atomic mass is 35.5. The Kier molecular flexibility index (Phi) is 3.54. The zero-order valence-corrected chi connectivity index (χ0v) is 12.1. The van der Waals surface area contributed by atoms with Crippen LogP contribution >= 0.6 is 23.2 Å². The standard InChI is InChI=1S/C13H14Cl2FN3O/c14-8-6-9(16)7(5-10(8)17)11-12(15)18-3-1-2-4-19(18)13(11)20/h5-6,13,20H,1-4,17H2. The van der Waals surface area contributed by atoms with Crippen molar-refractivity contribution in [3.63, 3.8) is 0 Å². The SMILES string of the molecule is Nc1cc(C2=C(Cl)N3CCCCN3C2O)c(F)cc1Cl. The smallest absolute Gasteiger partial charge is 0.153 e. The van der Waals surface area contributed by atoms with Crippen molar-refractivity contribution in [2.45, 2.75) is 19.1 Å². The summed E-state index contributed by atoms with van der Waals surface area (Å²) in [6.45, 7) is 1.40. The Balaban J connectivity index is 2.09. The summed E-state index contributed by atoms with van der Waals surface area (Å²) in [7, 11) is 0. The van der Waals surface area contributed by atoms with Gasteiger partial charge in [-0.3, -0.25) is 5.01 Å². The summed E-state index contributed by atoms with van der Waals surface area (Å²) in [5, 5.41) is 14.4. The highest BCUT2D eigenvalue weighted by molar-refractivity contribution is 6.34. The second-order valence-corrected chi connectivity index (χ2v) is 5.69. The summed E-state index contributed by atoms with van der Waals surface area (Å²) in [5.41, 5.74) is 6.51. The van der Waals surface area contributed by atoms with Gasteiger partial charge in [0, 0.05) is 24.2 Å². The summed E-state index contributed by atoms with van der Waals surface area (Å²) in [5.74, 6) is -0.544. The van der Waals surface area contributed by atoms with Crippen molar-refractivity contribution in [1.29, 1.82) is 0 Å². The molecule has 3 N–H and O–H groups in total. The Bertz CT molecular complexity index is 593. The van der Waals surface area contributed by atoms with E-state index in [4.69, 9.17) is 28.9 Å². The van der Waals surface area contributed by atoms with Crippen LogP contribution in [0.15, 0.2) is 17.3 Å². The van der Waals surface area contributed by atoms with Crippen LogP contribution in [0.25, 0.3) is 5.57 Å². The summed E-state index contributed by atoms with van der Waals surface area (Å²) >= 11 is 12.1. The number of rotatable bonds is 1.